The monoisotopic (exact) mass is 573 g/mol. The fourth-order valence-corrected chi connectivity index (χ4v) is 5.22. The Morgan fingerprint density at radius 1 is 0.682 bits per heavy atom. The van der Waals surface area contributed by atoms with Gasteiger partial charge in [-0.25, -0.2) is 0 Å². The van der Waals surface area contributed by atoms with Gasteiger partial charge in [0, 0.05) is 18.4 Å². The minimum Gasteiger partial charge on any atom is -0.362 e. The van der Waals surface area contributed by atoms with Crippen molar-refractivity contribution in [2.45, 2.75) is 19.6 Å². The van der Waals surface area contributed by atoms with E-state index in [0.29, 0.717) is 6.54 Å². The normalized spacial score (nSPS) is 12.0. The Hall–Kier alpha value is -5.22. The average molecular weight is 574 g/mol. The summed E-state index contributed by atoms with van der Waals surface area (Å²) >= 11 is 0. The van der Waals surface area contributed by atoms with Gasteiger partial charge in [-0.05, 0) is 86.9 Å². The maximum absolute atomic E-state index is 6.35. The number of nitrogens with two attached hydrogens (primary N) is 1. The quantitative estimate of drug-likeness (QED) is 0.103. The van der Waals surface area contributed by atoms with Crippen LogP contribution in [-0.4, -0.2) is 0 Å². The Morgan fingerprint density at radius 2 is 1.27 bits per heavy atom. The summed E-state index contributed by atoms with van der Waals surface area (Å²) in [4.78, 5) is 0. The zero-order chi connectivity index (χ0) is 30.7. The molecule has 1 atom stereocenters. The number of rotatable bonds is 12. The lowest BCUT2D eigenvalue weighted by molar-refractivity contribution is 0.552. The molecule has 0 aliphatic heterocycles. The van der Waals surface area contributed by atoms with Crippen molar-refractivity contribution in [2.75, 3.05) is 5.32 Å². The first-order valence-corrected chi connectivity index (χ1v) is 14.9. The van der Waals surface area contributed by atoms with Gasteiger partial charge in [0.2, 0.25) is 0 Å². The average Bonchev–Trinajstić information content (AvgIpc) is 3.08. The first-order valence-electron chi connectivity index (χ1n) is 14.9. The van der Waals surface area contributed by atoms with Gasteiger partial charge in [-0.2, -0.15) is 0 Å². The Kier molecular flexibility index (Phi) is 10.2. The van der Waals surface area contributed by atoms with E-state index in [4.69, 9.17) is 5.73 Å². The molecule has 0 spiro atoms. The highest BCUT2D eigenvalue weighted by Gasteiger charge is 2.11. The molecule has 218 valence electrons. The molecule has 0 amide bonds. The SMILES string of the molecule is C=C(C(=C)c1ccccc1/C=C\Nc1cccc(-c2cccc(CNC(N)c3ccccc3)c2)c1)c1ccccc1/C=C\C. The van der Waals surface area contributed by atoms with Gasteiger partial charge in [-0.15, -0.1) is 0 Å². The van der Waals surface area contributed by atoms with E-state index in [1.54, 1.807) is 0 Å². The molecule has 0 saturated heterocycles. The molecule has 4 N–H and O–H groups in total. The van der Waals surface area contributed by atoms with Gasteiger partial charge < -0.3 is 11.1 Å². The third-order valence-electron chi connectivity index (χ3n) is 7.60. The predicted molar refractivity (Wildman–Crippen MR) is 190 cm³/mol. The van der Waals surface area contributed by atoms with Crippen molar-refractivity contribution < 1.29 is 0 Å². The first kappa shape index (κ1) is 30.2. The van der Waals surface area contributed by atoms with Crippen LogP contribution in [0.25, 0.3) is 34.4 Å². The summed E-state index contributed by atoms with van der Waals surface area (Å²) < 4.78 is 0. The van der Waals surface area contributed by atoms with E-state index in [1.807, 2.05) is 73.8 Å². The minimum absolute atomic E-state index is 0.214. The Bertz CT molecular complexity index is 1800. The number of hydrogen-bond acceptors (Lipinski definition) is 3. The third kappa shape index (κ3) is 7.59. The van der Waals surface area contributed by atoms with Crippen LogP contribution in [0.15, 0.2) is 153 Å². The van der Waals surface area contributed by atoms with E-state index in [9.17, 15) is 0 Å². The number of allylic oxidation sites excluding steroid dienone is 3. The molecule has 0 aliphatic rings. The van der Waals surface area contributed by atoms with E-state index in [0.717, 1.165) is 55.8 Å². The van der Waals surface area contributed by atoms with Crippen LogP contribution < -0.4 is 16.4 Å². The zero-order valence-electron chi connectivity index (χ0n) is 25.2. The van der Waals surface area contributed by atoms with Gasteiger partial charge >= 0.3 is 0 Å². The van der Waals surface area contributed by atoms with E-state index in [-0.39, 0.29) is 6.17 Å². The summed E-state index contributed by atoms with van der Waals surface area (Å²) in [6, 6.07) is 43.7. The lowest BCUT2D eigenvalue weighted by atomic mass is 9.89. The third-order valence-corrected chi connectivity index (χ3v) is 7.60. The van der Waals surface area contributed by atoms with E-state index in [1.165, 1.54) is 5.56 Å². The molecule has 44 heavy (non-hydrogen) atoms. The van der Waals surface area contributed by atoms with Crippen LogP contribution in [0, 0.1) is 0 Å². The maximum Gasteiger partial charge on any atom is 0.0812 e. The van der Waals surface area contributed by atoms with Crippen molar-refractivity contribution >= 4 is 29.0 Å². The maximum atomic E-state index is 6.35. The van der Waals surface area contributed by atoms with Crippen molar-refractivity contribution in [3.63, 3.8) is 0 Å². The predicted octanol–water partition coefficient (Wildman–Crippen LogP) is 9.94. The van der Waals surface area contributed by atoms with Crippen LogP contribution >= 0.6 is 0 Å². The smallest absolute Gasteiger partial charge is 0.0812 e. The minimum atomic E-state index is -0.214. The molecular formula is C41H39N3. The lowest BCUT2D eigenvalue weighted by Gasteiger charge is -2.15. The highest BCUT2D eigenvalue weighted by Crippen LogP contribution is 2.33. The van der Waals surface area contributed by atoms with Crippen LogP contribution in [0.2, 0.25) is 0 Å². The van der Waals surface area contributed by atoms with Crippen molar-refractivity contribution in [1.82, 2.24) is 5.32 Å². The number of hydrogen-bond donors (Lipinski definition) is 3. The number of nitrogens with one attached hydrogen (secondary N) is 2. The van der Waals surface area contributed by atoms with Gasteiger partial charge in [0.05, 0.1) is 6.17 Å². The molecule has 3 nitrogen and oxygen atoms in total. The molecule has 0 heterocycles. The first-order chi connectivity index (χ1) is 21.5. The van der Waals surface area contributed by atoms with Crippen LogP contribution in [0.1, 0.15) is 46.5 Å². The Balaban J connectivity index is 1.27. The lowest BCUT2D eigenvalue weighted by Crippen LogP contribution is -2.28. The Labute approximate surface area is 261 Å². The van der Waals surface area contributed by atoms with Gasteiger partial charge in [-0.1, -0.05) is 135 Å². The summed E-state index contributed by atoms with van der Waals surface area (Å²) in [6.07, 6.45) is 8.00. The molecule has 0 saturated carbocycles. The summed E-state index contributed by atoms with van der Waals surface area (Å²) in [5.74, 6) is 0. The molecule has 0 fully saturated rings. The van der Waals surface area contributed by atoms with E-state index >= 15 is 0 Å². The second-order valence-corrected chi connectivity index (χ2v) is 10.7. The summed E-state index contributed by atoms with van der Waals surface area (Å²) in [5.41, 5.74) is 18.1. The van der Waals surface area contributed by atoms with Crippen molar-refractivity contribution in [3.8, 4) is 11.1 Å². The highest BCUT2D eigenvalue weighted by molar-refractivity contribution is 6.05. The number of benzene rings is 5. The van der Waals surface area contributed by atoms with E-state index in [2.05, 4.69) is 109 Å². The van der Waals surface area contributed by atoms with Crippen molar-refractivity contribution in [2.24, 2.45) is 5.73 Å². The fraction of sp³-hybridized carbons (Fsp3) is 0.0732. The topological polar surface area (TPSA) is 50.1 Å². The molecule has 3 heteroatoms. The van der Waals surface area contributed by atoms with Crippen LogP contribution in [0.3, 0.4) is 0 Å². The summed E-state index contributed by atoms with van der Waals surface area (Å²) in [7, 11) is 0. The summed E-state index contributed by atoms with van der Waals surface area (Å²) in [6.45, 7) is 11.5. The Morgan fingerprint density at radius 3 is 1.95 bits per heavy atom. The molecule has 1 unspecified atom stereocenters. The molecule has 0 aliphatic carbocycles. The molecule has 5 rings (SSSR count). The highest BCUT2D eigenvalue weighted by atomic mass is 15.0. The van der Waals surface area contributed by atoms with Crippen molar-refractivity contribution in [3.05, 3.63) is 186 Å². The van der Waals surface area contributed by atoms with E-state index < -0.39 is 0 Å². The second kappa shape index (κ2) is 14.8. The number of anilines is 1. The molecule has 0 radical (unpaired) electrons. The summed E-state index contributed by atoms with van der Waals surface area (Å²) in [5, 5.41) is 6.89. The van der Waals surface area contributed by atoms with Gasteiger partial charge in [0.1, 0.15) is 0 Å². The molecule has 0 bridgehead atoms. The zero-order valence-corrected chi connectivity index (χ0v) is 25.2. The van der Waals surface area contributed by atoms with Crippen LogP contribution in [-0.2, 0) is 6.54 Å². The van der Waals surface area contributed by atoms with Gasteiger partial charge in [-0.3, -0.25) is 5.32 Å². The van der Waals surface area contributed by atoms with Gasteiger partial charge in [0.15, 0.2) is 0 Å². The second-order valence-electron chi connectivity index (χ2n) is 10.7. The molecule has 5 aromatic carbocycles. The molecular weight excluding hydrogens is 534 g/mol. The molecule has 5 aromatic rings. The van der Waals surface area contributed by atoms with Crippen LogP contribution in [0.4, 0.5) is 5.69 Å². The van der Waals surface area contributed by atoms with Crippen LogP contribution in [0.5, 0.6) is 0 Å². The van der Waals surface area contributed by atoms with Gasteiger partial charge in [0.25, 0.3) is 0 Å². The standard InChI is InChI=1S/C41H39N3/c1-4-14-33-16-8-10-23-39(33)30(2)31(3)40-24-11-9-17-34(40)25-26-43-38-22-13-21-37(28-38)36-20-12-15-32(27-36)29-44-41(42)35-18-6-5-7-19-35/h4-28,41,43-44H,2-3,29,42H2,1H3/b14-4-,26-25-. The largest absolute Gasteiger partial charge is 0.362 e. The fourth-order valence-electron chi connectivity index (χ4n) is 5.22. The molecule has 0 aromatic heterocycles. The van der Waals surface area contributed by atoms with Crippen molar-refractivity contribution in [1.29, 1.82) is 0 Å².